The van der Waals surface area contributed by atoms with E-state index in [9.17, 15) is 21.6 Å². The van der Waals surface area contributed by atoms with E-state index in [1.54, 1.807) is 4.90 Å². The van der Waals surface area contributed by atoms with Gasteiger partial charge in [0.15, 0.2) is 9.84 Å². The van der Waals surface area contributed by atoms with E-state index in [0.29, 0.717) is 31.9 Å². The van der Waals surface area contributed by atoms with Crippen LogP contribution in [0.4, 0.5) is 0 Å². The van der Waals surface area contributed by atoms with Crippen LogP contribution in [0.3, 0.4) is 0 Å². The highest BCUT2D eigenvalue weighted by atomic mass is 32.2. The van der Waals surface area contributed by atoms with Crippen LogP contribution in [0, 0.1) is 0 Å². The zero-order chi connectivity index (χ0) is 18.1. The van der Waals surface area contributed by atoms with Gasteiger partial charge < -0.3 is 9.64 Å². The smallest absolute Gasteiger partial charge is 0.254 e. The van der Waals surface area contributed by atoms with Crippen LogP contribution < -0.4 is 4.72 Å². The van der Waals surface area contributed by atoms with Crippen molar-refractivity contribution in [1.29, 1.82) is 0 Å². The number of sulfonamides is 1. The predicted molar refractivity (Wildman–Crippen MR) is 90.5 cm³/mol. The average molecular weight is 388 g/mol. The van der Waals surface area contributed by atoms with Crippen LogP contribution in [0.1, 0.15) is 16.8 Å². The van der Waals surface area contributed by atoms with Crippen molar-refractivity contribution < 1.29 is 26.4 Å². The molecule has 2 fully saturated rings. The Hall–Kier alpha value is -1.49. The molecule has 1 aromatic rings. The number of morpholine rings is 1. The minimum Gasteiger partial charge on any atom is -0.378 e. The van der Waals surface area contributed by atoms with Crippen LogP contribution in [0.5, 0.6) is 0 Å². The van der Waals surface area contributed by atoms with E-state index >= 15 is 0 Å². The van der Waals surface area contributed by atoms with Gasteiger partial charge in [0.25, 0.3) is 5.91 Å². The van der Waals surface area contributed by atoms with Crippen LogP contribution in [0.15, 0.2) is 29.2 Å². The first-order valence-corrected chi connectivity index (χ1v) is 11.3. The molecule has 3 rings (SSSR count). The van der Waals surface area contributed by atoms with E-state index in [2.05, 4.69) is 4.72 Å². The number of sulfone groups is 1. The summed E-state index contributed by atoms with van der Waals surface area (Å²) in [6.07, 6.45) is 0.273. The van der Waals surface area contributed by atoms with E-state index in [1.165, 1.54) is 24.3 Å². The molecule has 0 radical (unpaired) electrons. The van der Waals surface area contributed by atoms with Crippen molar-refractivity contribution in [1.82, 2.24) is 9.62 Å². The van der Waals surface area contributed by atoms with E-state index in [4.69, 9.17) is 4.74 Å². The van der Waals surface area contributed by atoms with Gasteiger partial charge in [0.05, 0.1) is 29.6 Å². The van der Waals surface area contributed by atoms with Gasteiger partial charge in [0, 0.05) is 24.7 Å². The number of hydrogen-bond donors (Lipinski definition) is 1. The maximum absolute atomic E-state index is 12.4. The van der Waals surface area contributed by atoms with Gasteiger partial charge in [-0.3, -0.25) is 4.79 Å². The number of rotatable bonds is 4. The maximum atomic E-state index is 12.4. The summed E-state index contributed by atoms with van der Waals surface area (Å²) >= 11 is 0. The fourth-order valence-electron chi connectivity index (χ4n) is 2.90. The first kappa shape index (κ1) is 18.3. The Bertz CT molecular complexity index is 843. The van der Waals surface area contributed by atoms with E-state index < -0.39 is 25.9 Å². The minimum atomic E-state index is -3.82. The predicted octanol–water partition coefficient (Wildman–Crippen LogP) is -0.376. The number of nitrogens with zero attached hydrogens (tertiary/aromatic N) is 1. The molecule has 25 heavy (non-hydrogen) atoms. The van der Waals surface area contributed by atoms with E-state index in [-0.39, 0.29) is 28.7 Å². The van der Waals surface area contributed by atoms with Crippen molar-refractivity contribution in [2.45, 2.75) is 17.4 Å². The highest BCUT2D eigenvalue weighted by molar-refractivity contribution is 7.92. The van der Waals surface area contributed by atoms with Crippen LogP contribution in [-0.2, 0) is 24.6 Å². The summed E-state index contributed by atoms with van der Waals surface area (Å²) in [4.78, 5) is 14.0. The molecule has 138 valence electrons. The summed E-state index contributed by atoms with van der Waals surface area (Å²) in [6.45, 7) is 2.01. The third kappa shape index (κ3) is 4.38. The Morgan fingerprint density at radius 2 is 1.80 bits per heavy atom. The molecule has 2 saturated heterocycles. The van der Waals surface area contributed by atoms with Gasteiger partial charge in [0.2, 0.25) is 10.0 Å². The van der Waals surface area contributed by atoms with Gasteiger partial charge >= 0.3 is 0 Å². The largest absolute Gasteiger partial charge is 0.378 e. The van der Waals surface area contributed by atoms with Gasteiger partial charge in [-0.05, 0) is 30.7 Å². The summed E-state index contributed by atoms with van der Waals surface area (Å²) < 4.78 is 55.2. The summed E-state index contributed by atoms with van der Waals surface area (Å²) in [5.41, 5.74) is 0.407. The van der Waals surface area contributed by atoms with Crippen molar-refractivity contribution >= 4 is 25.8 Å². The molecule has 2 aliphatic rings. The Morgan fingerprint density at radius 1 is 1.16 bits per heavy atom. The molecule has 1 atom stereocenters. The van der Waals surface area contributed by atoms with Crippen molar-refractivity contribution in [3.63, 3.8) is 0 Å². The molecule has 2 aliphatic heterocycles. The highest BCUT2D eigenvalue weighted by Crippen LogP contribution is 2.17. The Morgan fingerprint density at radius 3 is 2.36 bits per heavy atom. The number of amides is 1. The lowest BCUT2D eigenvalue weighted by atomic mass is 10.2. The molecule has 0 saturated carbocycles. The molecular weight excluding hydrogens is 368 g/mol. The number of ether oxygens (including phenoxy) is 1. The lowest BCUT2D eigenvalue weighted by molar-refractivity contribution is 0.0303. The van der Waals surface area contributed by atoms with Gasteiger partial charge in [-0.2, -0.15) is 0 Å². The van der Waals surface area contributed by atoms with E-state index in [1.807, 2.05) is 0 Å². The lowest BCUT2D eigenvalue weighted by Gasteiger charge is -2.26. The van der Waals surface area contributed by atoms with Gasteiger partial charge in [0.1, 0.15) is 0 Å². The first-order valence-electron chi connectivity index (χ1n) is 7.97. The van der Waals surface area contributed by atoms with E-state index in [0.717, 1.165) is 0 Å². The summed E-state index contributed by atoms with van der Waals surface area (Å²) in [7, 11) is -6.99. The molecule has 1 aromatic carbocycles. The fourth-order valence-corrected chi connectivity index (χ4v) is 5.95. The molecule has 0 bridgehead atoms. The maximum Gasteiger partial charge on any atom is 0.254 e. The number of hydrogen-bond acceptors (Lipinski definition) is 6. The number of nitrogens with one attached hydrogen (secondary N) is 1. The second-order valence-electron chi connectivity index (χ2n) is 6.15. The number of benzene rings is 1. The zero-order valence-electron chi connectivity index (χ0n) is 13.5. The topological polar surface area (TPSA) is 110 Å². The standard InChI is InChI=1S/C15H20N2O6S2/c18-15(17-6-8-23-9-7-17)12-1-3-14(4-2-12)25(21,22)16-13-5-10-24(19,20)11-13/h1-4,13,16H,5-11H2/t13-/m0/s1. The van der Waals surface area contributed by atoms with Crippen molar-refractivity contribution in [2.75, 3.05) is 37.8 Å². The SMILES string of the molecule is O=C(c1ccc(S(=O)(=O)N[C@H]2CCS(=O)(=O)C2)cc1)N1CCOCC1. The second-order valence-corrected chi connectivity index (χ2v) is 10.1. The molecule has 0 unspecified atom stereocenters. The molecule has 1 N–H and O–H groups in total. The average Bonchev–Trinajstić information content (AvgIpc) is 2.93. The van der Waals surface area contributed by atoms with Gasteiger partial charge in [-0.25, -0.2) is 21.6 Å². The molecule has 0 aromatic heterocycles. The van der Waals surface area contributed by atoms with Crippen LogP contribution in [0.2, 0.25) is 0 Å². The van der Waals surface area contributed by atoms with Crippen LogP contribution >= 0.6 is 0 Å². The molecular formula is C15H20N2O6S2. The molecule has 10 heteroatoms. The summed E-state index contributed by atoms with van der Waals surface area (Å²) in [6, 6.07) is 5.05. The first-order chi connectivity index (χ1) is 11.8. The Labute approximate surface area is 147 Å². The quantitative estimate of drug-likeness (QED) is 0.753. The van der Waals surface area contributed by atoms with Crippen LogP contribution in [-0.4, -0.2) is 71.5 Å². The Balaban J connectivity index is 1.69. The second kappa shape index (κ2) is 7.02. The fraction of sp³-hybridized carbons (Fsp3) is 0.533. The summed E-state index contributed by atoms with van der Waals surface area (Å²) in [5.74, 6) is -0.352. The van der Waals surface area contributed by atoms with Crippen LogP contribution in [0.25, 0.3) is 0 Å². The lowest BCUT2D eigenvalue weighted by Crippen LogP contribution is -2.40. The molecule has 1 amide bonds. The highest BCUT2D eigenvalue weighted by Gasteiger charge is 2.31. The van der Waals surface area contributed by atoms with Gasteiger partial charge in [-0.15, -0.1) is 0 Å². The third-order valence-corrected chi connectivity index (χ3v) is 7.57. The normalized spacial score (nSPS) is 23.5. The van der Waals surface area contributed by atoms with Crippen molar-refractivity contribution in [2.24, 2.45) is 0 Å². The minimum absolute atomic E-state index is 0.00677. The third-order valence-electron chi connectivity index (χ3n) is 4.26. The molecule has 2 heterocycles. The monoisotopic (exact) mass is 388 g/mol. The molecule has 0 spiro atoms. The number of carbonyl (C=O) groups is 1. The van der Waals surface area contributed by atoms with Gasteiger partial charge in [-0.1, -0.05) is 0 Å². The Kier molecular flexibility index (Phi) is 5.14. The van der Waals surface area contributed by atoms with Crippen molar-refractivity contribution in [3.8, 4) is 0 Å². The molecule has 0 aliphatic carbocycles. The number of carbonyl (C=O) groups excluding carboxylic acids is 1. The zero-order valence-corrected chi connectivity index (χ0v) is 15.2. The molecule has 8 nitrogen and oxygen atoms in total. The summed E-state index contributed by atoms with van der Waals surface area (Å²) in [5, 5.41) is 0. The van der Waals surface area contributed by atoms with Crippen molar-refractivity contribution in [3.05, 3.63) is 29.8 Å².